The number of nitrogens with two attached hydrogens (primary N) is 1. The number of carbonyl (C=O) groups is 1. The third kappa shape index (κ3) is 2.94. The first kappa shape index (κ1) is 16.3. The summed E-state index contributed by atoms with van der Waals surface area (Å²) >= 11 is 0. The molecule has 1 aromatic rings. The van der Waals surface area contributed by atoms with Crippen LogP contribution in [0.4, 0.5) is 0 Å². The van der Waals surface area contributed by atoms with Gasteiger partial charge in [-0.15, -0.1) is 6.58 Å². The van der Waals surface area contributed by atoms with Crippen molar-refractivity contribution in [3.05, 3.63) is 48.6 Å². The molecule has 0 saturated heterocycles. The van der Waals surface area contributed by atoms with E-state index in [-0.39, 0.29) is 12.1 Å². The zero-order valence-corrected chi connectivity index (χ0v) is 13.7. The van der Waals surface area contributed by atoms with E-state index in [2.05, 4.69) is 18.7 Å². The Morgan fingerprint density at radius 2 is 2.00 bits per heavy atom. The molecule has 0 bridgehead atoms. The zero-order valence-electron chi connectivity index (χ0n) is 13.7. The molecule has 23 heavy (non-hydrogen) atoms. The summed E-state index contributed by atoms with van der Waals surface area (Å²) in [6, 6.07) is 10.2. The number of carbonyl (C=O) groups excluding carboxylic acids is 1. The molecule has 2 aliphatic carbocycles. The second kappa shape index (κ2) is 6.88. The van der Waals surface area contributed by atoms with Crippen molar-refractivity contribution in [2.45, 2.75) is 50.0 Å². The van der Waals surface area contributed by atoms with E-state index in [9.17, 15) is 4.79 Å². The lowest BCUT2D eigenvalue weighted by Crippen LogP contribution is -2.47. The summed E-state index contributed by atoms with van der Waals surface area (Å²) in [6.07, 6.45) is 7.76. The number of hydrogen-bond donors (Lipinski definition) is 1. The van der Waals surface area contributed by atoms with Crippen LogP contribution in [0.15, 0.2) is 43.0 Å². The van der Waals surface area contributed by atoms with Crippen LogP contribution in [-0.2, 0) is 14.9 Å². The minimum Gasteiger partial charge on any atom is -0.461 e. The number of esters is 1. The largest absolute Gasteiger partial charge is 0.461 e. The van der Waals surface area contributed by atoms with Gasteiger partial charge in [0.2, 0.25) is 0 Å². The third-order valence-corrected chi connectivity index (χ3v) is 5.77. The number of rotatable bonds is 6. The van der Waals surface area contributed by atoms with Gasteiger partial charge < -0.3 is 10.5 Å². The van der Waals surface area contributed by atoms with Gasteiger partial charge in [-0.3, -0.25) is 4.79 Å². The van der Waals surface area contributed by atoms with Crippen molar-refractivity contribution in [1.29, 1.82) is 0 Å². The molecule has 0 heterocycles. The van der Waals surface area contributed by atoms with Gasteiger partial charge in [-0.1, -0.05) is 49.2 Å². The van der Waals surface area contributed by atoms with Gasteiger partial charge in [0.05, 0.1) is 5.41 Å². The molecule has 0 amide bonds. The standard InChI is InChI=1S/C20H27NO2/c1-2-15-14-18(17(15)10-13-21)23-19(22)20(11-6-7-12-20)16-8-4-3-5-9-16/h2-5,8-9,15,17-18H,1,6-7,10-14,21H2/t15?,17?,18-/m0/s1. The average Bonchev–Trinajstić information content (AvgIpc) is 3.08. The van der Waals surface area contributed by atoms with Gasteiger partial charge in [0.15, 0.2) is 0 Å². The summed E-state index contributed by atoms with van der Waals surface area (Å²) in [6.45, 7) is 4.52. The summed E-state index contributed by atoms with van der Waals surface area (Å²) in [5.41, 5.74) is 6.39. The molecule has 2 saturated carbocycles. The fourth-order valence-electron chi connectivity index (χ4n) is 4.29. The van der Waals surface area contributed by atoms with Crippen molar-refractivity contribution in [1.82, 2.24) is 0 Å². The highest BCUT2D eigenvalue weighted by molar-refractivity contribution is 5.84. The Morgan fingerprint density at radius 3 is 2.61 bits per heavy atom. The van der Waals surface area contributed by atoms with Gasteiger partial charge in [0.1, 0.15) is 6.10 Å². The second-order valence-electron chi connectivity index (χ2n) is 6.98. The first-order valence-corrected chi connectivity index (χ1v) is 8.80. The summed E-state index contributed by atoms with van der Waals surface area (Å²) in [5.74, 6) is 0.749. The monoisotopic (exact) mass is 313 g/mol. The number of allylic oxidation sites excluding steroid dienone is 1. The van der Waals surface area contributed by atoms with E-state index >= 15 is 0 Å². The van der Waals surface area contributed by atoms with Gasteiger partial charge >= 0.3 is 5.97 Å². The maximum atomic E-state index is 13.0. The Balaban J connectivity index is 1.74. The van der Waals surface area contributed by atoms with Crippen molar-refractivity contribution >= 4 is 5.97 Å². The molecular weight excluding hydrogens is 286 g/mol. The van der Waals surface area contributed by atoms with Gasteiger partial charge in [0, 0.05) is 5.92 Å². The first-order chi connectivity index (χ1) is 11.2. The molecule has 3 heteroatoms. The van der Waals surface area contributed by atoms with E-state index < -0.39 is 5.41 Å². The van der Waals surface area contributed by atoms with Crippen LogP contribution in [0.1, 0.15) is 44.1 Å². The van der Waals surface area contributed by atoms with Crippen molar-refractivity contribution in [3.8, 4) is 0 Å². The Morgan fingerprint density at radius 1 is 1.30 bits per heavy atom. The van der Waals surface area contributed by atoms with E-state index in [4.69, 9.17) is 10.5 Å². The smallest absolute Gasteiger partial charge is 0.316 e. The zero-order chi connectivity index (χ0) is 16.3. The van der Waals surface area contributed by atoms with Crippen LogP contribution in [0, 0.1) is 11.8 Å². The quantitative estimate of drug-likeness (QED) is 0.645. The molecule has 2 fully saturated rings. The lowest BCUT2D eigenvalue weighted by atomic mass is 9.69. The van der Waals surface area contributed by atoms with Gasteiger partial charge in [-0.2, -0.15) is 0 Å². The summed E-state index contributed by atoms with van der Waals surface area (Å²) < 4.78 is 5.98. The Kier molecular flexibility index (Phi) is 4.86. The minimum absolute atomic E-state index is 0.00948. The molecule has 1 aromatic carbocycles. The predicted molar refractivity (Wildman–Crippen MR) is 91.9 cm³/mol. The maximum Gasteiger partial charge on any atom is 0.316 e. The van der Waals surface area contributed by atoms with Gasteiger partial charge in [-0.05, 0) is 43.7 Å². The van der Waals surface area contributed by atoms with Crippen LogP contribution in [-0.4, -0.2) is 18.6 Å². The lowest BCUT2D eigenvalue weighted by molar-refractivity contribution is -0.168. The van der Waals surface area contributed by atoms with Crippen molar-refractivity contribution in [3.63, 3.8) is 0 Å². The lowest BCUT2D eigenvalue weighted by Gasteiger charge is -2.44. The van der Waals surface area contributed by atoms with Gasteiger partial charge in [0.25, 0.3) is 0 Å². The molecular formula is C20H27NO2. The van der Waals surface area contributed by atoms with Crippen LogP contribution >= 0.6 is 0 Å². The van der Waals surface area contributed by atoms with Crippen LogP contribution < -0.4 is 5.73 Å². The number of benzene rings is 1. The Hall–Kier alpha value is -1.61. The van der Waals surface area contributed by atoms with Crippen LogP contribution in [0.2, 0.25) is 0 Å². The fraction of sp³-hybridized carbons (Fsp3) is 0.550. The summed E-state index contributed by atoms with van der Waals surface area (Å²) in [5, 5.41) is 0. The fourth-order valence-corrected chi connectivity index (χ4v) is 4.29. The van der Waals surface area contributed by atoms with E-state index in [1.165, 1.54) is 0 Å². The van der Waals surface area contributed by atoms with Crippen molar-refractivity contribution in [2.75, 3.05) is 6.54 Å². The SMILES string of the molecule is C=CC1C[C@H](OC(=O)C2(c3ccccc3)CCCC2)C1CCN. The molecule has 2 N–H and O–H groups in total. The summed E-state index contributed by atoms with van der Waals surface area (Å²) in [4.78, 5) is 13.0. The van der Waals surface area contributed by atoms with Crippen LogP contribution in [0.3, 0.4) is 0 Å². The van der Waals surface area contributed by atoms with E-state index in [1.54, 1.807) is 0 Å². The van der Waals surface area contributed by atoms with E-state index in [1.807, 2.05) is 24.3 Å². The van der Waals surface area contributed by atoms with Crippen molar-refractivity contribution < 1.29 is 9.53 Å². The molecule has 0 aliphatic heterocycles. The normalized spacial score (nSPS) is 28.8. The highest BCUT2D eigenvalue weighted by Gasteiger charge is 2.48. The van der Waals surface area contributed by atoms with Crippen LogP contribution in [0.25, 0.3) is 0 Å². The molecule has 0 spiro atoms. The molecule has 124 valence electrons. The highest BCUT2D eigenvalue weighted by atomic mass is 16.5. The first-order valence-electron chi connectivity index (χ1n) is 8.80. The molecule has 0 radical (unpaired) electrons. The molecule has 3 atom stereocenters. The molecule has 3 rings (SSSR count). The molecule has 0 aromatic heterocycles. The second-order valence-corrected chi connectivity index (χ2v) is 6.98. The molecule has 3 nitrogen and oxygen atoms in total. The molecule has 2 unspecified atom stereocenters. The Bertz CT molecular complexity index is 548. The van der Waals surface area contributed by atoms with Crippen LogP contribution in [0.5, 0.6) is 0 Å². The highest BCUT2D eigenvalue weighted by Crippen LogP contribution is 2.45. The number of ether oxygens (including phenoxy) is 1. The molecule has 2 aliphatic rings. The topological polar surface area (TPSA) is 52.3 Å². The number of hydrogen-bond acceptors (Lipinski definition) is 3. The third-order valence-electron chi connectivity index (χ3n) is 5.77. The van der Waals surface area contributed by atoms with Crippen molar-refractivity contribution in [2.24, 2.45) is 17.6 Å². The average molecular weight is 313 g/mol. The van der Waals surface area contributed by atoms with E-state index in [0.717, 1.165) is 44.1 Å². The van der Waals surface area contributed by atoms with E-state index in [0.29, 0.717) is 18.4 Å². The minimum atomic E-state index is -0.437. The van der Waals surface area contributed by atoms with Gasteiger partial charge in [-0.25, -0.2) is 0 Å². The Labute approximate surface area is 138 Å². The predicted octanol–water partition coefficient (Wildman–Crippen LogP) is 3.58. The summed E-state index contributed by atoms with van der Waals surface area (Å²) in [7, 11) is 0. The maximum absolute atomic E-state index is 13.0.